The number of fused-ring (bicyclic) bond motifs is 3. The molecule has 0 aliphatic carbocycles. The minimum Gasteiger partial charge on any atom is -0.292 e. The zero-order valence-corrected chi connectivity index (χ0v) is 32.3. The molecule has 11 rings (SSSR count). The van der Waals surface area contributed by atoms with Crippen molar-refractivity contribution >= 4 is 32.6 Å². The van der Waals surface area contributed by atoms with Crippen molar-refractivity contribution in [3.63, 3.8) is 0 Å². The van der Waals surface area contributed by atoms with Gasteiger partial charge in [0.15, 0.2) is 0 Å². The van der Waals surface area contributed by atoms with E-state index in [1.54, 1.807) is 0 Å². The summed E-state index contributed by atoms with van der Waals surface area (Å²) in [6, 6.07) is 83.1. The summed E-state index contributed by atoms with van der Waals surface area (Å²) in [5, 5.41) is 4.91. The summed E-state index contributed by atoms with van der Waals surface area (Å²) in [7, 11) is 0. The molecule has 0 N–H and O–H groups in total. The number of para-hydroxylation sites is 1. The third kappa shape index (κ3) is 6.19. The van der Waals surface area contributed by atoms with Gasteiger partial charge in [-0.05, 0) is 114 Å². The molecule has 1 heterocycles. The van der Waals surface area contributed by atoms with Gasteiger partial charge < -0.3 is 0 Å². The van der Waals surface area contributed by atoms with E-state index in [2.05, 4.69) is 235 Å². The van der Waals surface area contributed by atoms with E-state index in [0.717, 1.165) is 39.2 Å². The Hall–Kier alpha value is -7.81. The lowest BCUT2D eigenvalue weighted by atomic mass is 9.84. The second-order valence-electron chi connectivity index (χ2n) is 15.1. The minimum absolute atomic E-state index is 0.928. The predicted molar refractivity (Wildman–Crippen MR) is 249 cm³/mol. The van der Waals surface area contributed by atoms with Gasteiger partial charge in [0.25, 0.3) is 0 Å². The highest BCUT2D eigenvalue weighted by Gasteiger charge is 2.20. The van der Waals surface area contributed by atoms with Crippen LogP contribution in [0.5, 0.6) is 0 Å². The topological polar surface area (TPSA) is 17.8 Å². The third-order valence-corrected chi connectivity index (χ3v) is 11.6. The van der Waals surface area contributed by atoms with E-state index < -0.39 is 0 Å². The number of benzene rings is 10. The van der Waals surface area contributed by atoms with Gasteiger partial charge in [0.1, 0.15) is 5.82 Å². The molecule has 0 aliphatic heterocycles. The molecular formula is C57H38N2. The molecule has 59 heavy (non-hydrogen) atoms. The van der Waals surface area contributed by atoms with Gasteiger partial charge in [-0.1, -0.05) is 194 Å². The summed E-state index contributed by atoms with van der Waals surface area (Å²) in [5.41, 5.74) is 16.2. The van der Waals surface area contributed by atoms with Crippen LogP contribution in [0.25, 0.3) is 105 Å². The molecule has 0 atom stereocenters. The van der Waals surface area contributed by atoms with Crippen molar-refractivity contribution in [3.8, 4) is 72.7 Å². The van der Waals surface area contributed by atoms with Gasteiger partial charge in [0.05, 0.1) is 11.0 Å². The van der Waals surface area contributed by atoms with Crippen molar-refractivity contribution in [1.29, 1.82) is 0 Å². The monoisotopic (exact) mass is 750 g/mol. The Balaban J connectivity index is 1.14. The van der Waals surface area contributed by atoms with Crippen molar-refractivity contribution in [2.45, 2.75) is 0 Å². The Bertz CT molecular complexity index is 3280. The lowest BCUT2D eigenvalue weighted by Gasteiger charge is -2.19. The molecular weight excluding hydrogens is 713 g/mol. The lowest BCUT2D eigenvalue weighted by Crippen LogP contribution is -1.97. The molecule has 0 amide bonds. The van der Waals surface area contributed by atoms with Crippen molar-refractivity contribution < 1.29 is 0 Å². The summed E-state index contributed by atoms with van der Waals surface area (Å²) in [6.45, 7) is 0. The first-order valence-corrected chi connectivity index (χ1v) is 20.2. The smallest absolute Gasteiger partial charge is 0.145 e. The first-order valence-electron chi connectivity index (χ1n) is 20.2. The first kappa shape index (κ1) is 34.4. The van der Waals surface area contributed by atoms with E-state index in [1.807, 2.05) is 0 Å². The average molecular weight is 751 g/mol. The Labute approximate surface area is 344 Å². The highest BCUT2D eigenvalue weighted by atomic mass is 15.1. The number of imidazole rings is 1. The minimum atomic E-state index is 0.928. The molecule has 1 aromatic heterocycles. The van der Waals surface area contributed by atoms with Crippen molar-refractivity contribution in [2.75, 3.05) is 0 Å². The number of hydrogen-bond donors (Lipinski definition) is 0. The largest absolute Gasteiger partial charge is 0.292 e. The van der Waals surface area contributed by atoms with Crippen LogP contribution in [0.3, 0.4) is 0 Å². The van der Waals surface area contributed by atoms with Gasteiger partial charge in [-0.15, -0.1) is 0 Å². The fourth-order valence-electron chi connectivity index (χ4n) is 8.80. The summed E-state index contributed by atoms with van der Waals surface area (Å²) in [4.78, 5) is 5.30. The normalized spacial score (nSPS) is 11.4. The lowest BCUT2D eigenvalue weighted by molar-refractivity contribution is 1.10. The summed E-state index contributed by atoms with van der Waals surface area (Å²) < 4.78 is 2.27. The standard InChI is InChI=1S/C57H38N2/c1-5-16-39(17-6-1)41-28-30-42(31-29-41)55-49-26-13-14-27-50(49)56(47-23-15-22-44(36-47)40-18-7-2-8-19-40)52-37-45(32-34-51(52)55)46-33-35-54-53(38-46)58-57(43-20-9-3-10-21-43)59(54)48-24-11-4-12-25-48/h1-38H. The van der Waals surface area contributed by atoms with E-state index in [4.69, 9.17) is 4.98 Å². The van der Waals surface area contributed by atoms with Gasteiger partial charge >= 0.3 is 0 Å². The fourth-order valence-corrected chi connectivity index (χ4v) is 8.80. The number of nitrogens with zero attached hydrogens (tertiary/aromatic N) is 2. The molecule has 2 nitrogen and oxygen atoms in total. The van der Waals surface area contributed by atoms with Gasteiger partial charge in [-0.25, -0.2) is 4.98 Å². The zero-order valence-electron chi connectivity index (χ0n) is 32.3. The van der Waals surface area contributed by atoms with Crippen LogP contribution in [-0.4, -0.2) is 9.55 Å². The molecule has 0 spiro atoms. The Morgan fingerprint density at radius 3 is 1.39 bits per heavy atom. The second-order valence-corrected chi connectivity index (χ2v) is 15.1. The summed E-state index contributed by atoms with van der Waals surface area (Å²) >= 11 is 0. The van der Waals surface area contributed by atoms with Crippen molar-refractivity contribution in [1.82, 2.24) is 9.55 Å². The van der Waals surface area contributed by atoms with Crippen LogP contribution in [0, 0.1) is 0 Å². The van der Waals surface area contributed by atoms with E-state index in [1.165, 1.54) is 66.1 Å². The zero-order chi connectivity index (χ0) is 39.1. The average Bonchev–Trinajstić information content (AvgIpc) is 3.71. The molecule has 0 bridgehead atoms. The van der Waals surface area contributed by atoms with Gasteiger partial charge in [-0.2, -0.15) is 0 Å². The second kappa shape index (κ2) is 14.6. The molecule has 10 aromatic carbocycles. The van der Waals surface area contributed by atoms with Crippen LogP contribution >= 0.6 is 0 Å². The van der Waals surface area contributed by atoms with Crippen LogP contribution in [0.1, 0.15) is 0 Å². The van der Waals surface area contributed by atoms with Crippen molar-refractivity contribution in [3.05, 3.63) is 231 Å². The molecule has 0 saturated carbocycles. The summed E-state index contributed by atoms with van der Waals surface area (Å²) in [5.74, 6) is 0.928. The Kier molecular flexibility index (Phi) is 8.52. The predicted octanol–water partition coefficient (Wildman–Crippen LogP) is 15.3. The van der Waals surface area contributed by atoms with Gasteiger partial charge in [0.2, 0.25) is 0 Å². The number of hydrogen-bond acceptors (Lipinski definition) is 1. The van der Waals surface area contributed by atoms with Crippen LogP contribution in [0.15, 0.2) is 231 Å². The molecule has 0 radical (unpaired) electrons. The van der Waals surface area contributed by atoms with Crippen LogP contribution in [0.2, 0.25) is 0 Å². The van der Waals surface area contributed by atoms with Crippen LogP contribution in [0.4, 0.5) is 0 Å². The number of rotatable bonds is 7. The first-order chi connectivity index (χ1) is 29.3. The SMILES string of the molecule is c1ccc(-c2ccc(-c3c4ccccc4c(-c4cccc(-c5ccccc5)c4)c4cc(-c5ccc6c(c5)nc(-c5ccccc5)n6-c5ccccc5)ccc34)cc2)cc1. The third-order valence-electron chi connectivity index (χ3n) is 11.6. The van der Waals surface area contributed by atoms with Crippen LogP contribution in [-0.2, 0) is 0 Å². The maximum absolute atomic E-state index is 5.30. The molecule has 0 aliphatic rings. The van der Waals surface area contributed by atoms with Gasteiger partial charge in [0, 0.05) is 11.3 Å². The Morgan fingerprint density at radius 1 is 0.271 bits per heavy atom. The van der Waals surface area contributed by atoms with E-state index in [-0.39, 0.29) is 0 Å². The maximum atomic E-state index is 5.30. The molecule has 11 aromatic rings. The molecule has 0 fully saturated rings. The summed E-state index contributed by atoms with van der Waals surface area (Å²) in [6.07, 6.45) is 0. The highest BCUT2D eigenvalue weighted by Crippen LogP contribution is 2.46. The highest BCUT2D eigenvalue weighted by molar-refractivity contribution is 6.22. The van der Waals surface area contributed by atoms with E-state index in [9.17, 15) is 0 Å². The molecule has 0 saturated heterocycles. The van der Waals surface area contributed by atoms with Crippen LogP contribution < -0.4 is 0 Å². The quantitative estimate of drug-likeness (QED) is 0.148. The molecule has 0 unspecified atom stereocenters. The fraction of sp³-hybridized carbons (Fsp3) is 0. The number of aromatic nitrogens is 2. The van der Waals surface area contributed by atoms with Gasteiger partial charge in [-0.3, -0.25) is 4.57 Å². The Morgan fingerprint density at radius 2 is 0.712 bits per heavy atom. The molecule has 2 heteroatoms. The molecule has 276 valence electrons. The maximum Gasteiger partial charge on any atom is 0.145 e. The van der Waals surface area contributed by atoms with E-state index in [0.29, 0.717) is 0 Å². The van der Waals surface area contributed by atoms with E-state index >= 15 is 0 Å². The van der Waals surface area contributed by atoms with Crippen molar-refractivity contribution in [2.24, 2.45) is 0 Å².